The minimum absolute atomic E-state index is 0.189. The number of rotatable bonds is 19. The Kier molecular flexibility index (Phi) is 14.5. The second kappa shape index (κ2) is 19.7. The number of nitrogens with one attached hydrogen (secondary N) is 1. The molecule has 1 heterocycles. The third-order valence-electron chi connectivity index (χ3n) is 9.00. The Hall–Kier alpha value is -5.09. The third kappa shape index (κ3) is 11.0. The number of aryl methyl sites for hydroxylation is 2. The van der Waals surface area contributed by atoms with Gasteiger partial charge in [0.1, 0.15) is 41.5 Å². The van der Waals surface area contributed by atoms with Crippen LogP contribution in [0.3, 0.4) is 0 Å². The largest absolute Gasteiger partial charge is 0.493 e. The molecule has 0 aromatic heterocycles. The zero-order chi connectivity index (χ0) is 37.6. The summed E-state index contributed by atoms with van der Waals surface area (Å²) >= 11 is 0. The molecule has 0 saturated heterocycles. The normalized spacial score (nSPS) is 14.0. The Morgan fingerprint density at radius 2 is 1.66 bits per heavy atom. The number of benzene rings is 4. The number of hydrogen-bond acceptors (Lipinski definition) is 8. The fraction of sp³-hybridized carbons (Fsp3) is 0.395. The van der Waals surface area contributed by atoms with Gasteiger partial charge in [-0.1, -0.05) is 68.8 Å². The van der Waals surface area contributed by atoms with Crippen molar-refractivity contribution in [1.82, 2.24) is 5.32 Å². The second-order valence-corrected chi connectivity index (χ2v) is 13.2. The molecule has 0 fully saturated rings. The zero-order valence-corrected chi connectivity index (χ0v) is 31.0. The number of ether oxygens (including phenoxy) is 5. The van der Waals surface area contributed by atoms with Crippen molar-refractivity contribution < 1.29 is 37.7 Å². The quantitative estimate of drug-likeness (QED) is 0.0753. The van der Waals surface area contributed by atoms with Gasteiger partial charge in [-0.2, -0.15) is 0 Å². The molecule has 0 radical (unpaired) electrons. The number of carbonyl (C=O) groups excluding carboxylic acids is 2. The number of nitrogens with two attached hydrogens (primary N) is 1. The van der Waals surface area contributed by atoms with Gasteiger partial charge in [-0.15, -0.1) is 0 Å². The summed E-state index contributed by atoms with van der Waals surface area (Å²) in [6.07, 6.45) is 4.19. The minimum Gasteiger partial charge on any atom is -0.493 e. The van der Waals surface area contributed by atoms with Gasteiger partial charge in [-0.05, 0) is 85.5 Å². The standard InChI is InChI=1S/C43H51FN2O7/c1-4-11-35-37(20-16-33-17-21-38(53-41(33)35)42(47)46-22-9-23-51-43(48)29(3)45)49-24-10-25-50-39-27-40(52-28-30-12-7-6-8-13-30)36(26-31(39)5-2)32-14-18-34(44)19-15-32/h6-8,12-16,18-20,26-27,29,38H,4-5,9-11,17,21-25,28,45H2,1-3H3,(H,46,47). The summed E-state index contributed by atoms with van der Waals surface area (Å²) in [5.74, 6) is 1.94. The van der Waals surface area contributed by atoms with Crippen LogP contribution < -0.4 is 30.0 Å². The molecule has 4 aromatic carbocycles. The smallest absolute Gasteiger partial charge is 0.322 e. The van der Waals surface area contributed by atoms with Crippen molar-refractivity contribution in [3.63, 3.8) is 0 Å². The monoisotopic (exact) mass is 726 g/mol. The number of hydrogen-bond donors (Lipinski definition) is 2. The molecule has 0 aliphatic carbocycles. The zero-order valence-electron chi connectivity index (χ0n) is 31.0. The van der Waals surface area contributed by atoms with Crippen LogP contribution in [-0.2, 0) is 40.2 Å². The van der Waals surface area contributed by atoms with E-state index in [-0.39, 0.29) is 18.3 Å². The first kappa shape index (κ1) is 39.1. The number of carbonyl (C=O) groups is 2. The van der Waals surface area contributed by atoms with Gasteiger partial charge in [0.05, 0.1) is 19.8 Å². The molecule has 4 aromatic rings. The summed E-state index contributed by atoms with van der Waals surface area (Å²) in [4.78, 5) is 24.5. The van der Waals surface area contributed by atoms with Crippen LogP contribution in [0, 0.1) is 5.82 Å². The summed E-state index contributed by atoms with van der Waals surface area (Å²) in [6, 6.07) is 23.7. The molecule has 282 valence electrons. The van der Waals surface area contributed by atoms with Crippen molar-refractivity contribution in [1.29, 1.82) is 0 Å². The van der Waals surface area contributed by atoms with Crippen LogP contribution in [0.25, 0.3) is 11.1 Å². The molecular formula is C43H51FN2O7. The van der Waals surface area contributed by atoms with E-state index >= 15 is 0 Å². The average molecular weight is 727 g/mol. The molecule has 2 atom stereocenters. The number of fused-ring (bicyclic) bond motifs is 1. The van der Waals surface area contributed by atoms with Gasteiger partial charge in [0.25, 0.3) is 5.91 Å². The lowest BCUT2D eigenvalue weighted by Crippen LogP contribution is -2.41. The fourth-order valence-corrected chi connectivity index (χ4v) is 6.15. The predicted octanol–water partition coefficient (Wildman–Crippen LogP) is 7.52. The highest BCUT2D eigenvalue weighted by Crippen LogP contribution is 2.39. The third-order valence-corrected chi connectivity index (χ3v) is 9.00. The number of halogens is 1. The fourth-order valence-electron chi connectivity index (χ4n) is 6.15. The molecule has 5 rings (SSSR count). The van der Waals surface area contributed by atoms with Gasteiger partial charge in [0, 0.05) is 30.2 Å². The maximum Gasteiger partial charge on any atom is 0.322 e. The second-order valence-electron chi connectivity index (χ2n) is 13.2. The highest BCUT2D eigenvalue weighted by molar-refractivity contribution is 5.81. The van der Waals surface area contributed by atoms with Crippen molar-refractivity contribution >= 4 is 11.9 Å². The summed E-state index contributed by atoms with van der Waals surface area (Å²) in [7, 11) is 0. The summed E-state index contributed by atoms with van der Waals surface area (Å²) in [5, 5.41) is 2.90. The van der Waals surface area contributed by atoms with Crippen molar-refractivity contribution in [3.05, 3.63) is 107 Å². The van der Waals surface area contributed by atoms with Gasteiger partial charge in [0.15, 0.2) is 6.10 Å². The first-order valence-electron chi connectivity index (χ1n) is 18.6. The van der Waals surface area contributed by atoms with Gasteiger partial charge in [0.2, 0.25) is 0 Å². The van der Waals surface area contributed by atoms with E-state index in [0.717, 1.165) is 76.3 Å². The Morgan fingerprint density at radius 1 is 0.906 bits per heavy atom. The summed E-state index contributed by atoms with van der Waals surface area (Å²) in [6.45, 7) is 7.55. The Balaban J connectivity index is 1.19. The molecule has 1 aliphatic heterocycles. The van der Waals surface area contributed by atoms with Crippen LogP contribution in [-0.4, -0.2) is 50.4 Å². The van der Waals surface area contributed by atoms with E-state index in [4.69, 9.17) is 29.4 Å². The molecule has 3 N–H and O–H groups in total. The van der Waals surface area contributed by atoms with E-state index < -0.39 is 18.1 Å². The van der Waals surface area contributed by atoms with Crippen LogP contribution in [0.15, 0.2) is 78.9 Å². The van der Waals surface area contributed by atoms with Gasteiger partial charge < -0.3 is 34.7 Å². The van der Waals surface area contributed by atoms with E-state index in [9.17, 15) is 14.0 Å². The molecule has 9 nitrogen and oxygen atoms in total. The van der Waals surface area contributed by atoms with Crippen molar-refractivity contribution in [2.24, 2.45) is 5.73 Å². The molecule has 2 unspecified atom stereocenters. The van der Waals surface area contributed by atoms with E-state index in [2.05, 4.69) is 25.2 Å². The minimum atomic E-state index is -0.674. The summed E-state index contributed by atoms with van der Waals surface area (Å²) in [5.41, 5.74) is 11.4. The van der Waals surface area contributed by atoms with Crippen LogP contribution in [0.5, 0.6) is 23.0 Å². The topological polar surface area (TPSA) is 118 Å². The molecule has 1 aliphatic rings. The van der Waals surface area contributed by atoms with Crippen LogP contribution in [0.1, 0.15) is 68.7 Å². The maximum absolute atomic E-state index is 13.8. The highest BCUT2D eigenvalue weighted by Gasteiger charge is 2.29. The average Bonchev–Trinajstić information content (AvgIpc) is 3.17. The van der Waals surface area contributed by atoms with Crippen molar-refractivity contribution in [2.75, 3.05) is 26.4 Å². The van der Waals surface area contributed by atoms with Crippen LogP contribution >= 0.6 is 0 Å². The molecule has 0 bridgehead atoms. The van der Waals surface area contributed by atoms with Gasteiger partial charge in [-0.25, -0.2) is 4.39 Å². The van der Waals surface area contributed by atoms with E-state index in [0.29, 0.717) is 51.4 Å². The van der Waals surface area contributed by atoms with E-state index in [1.54, 1.807) is 19.1 Å². The molecular weight excluding hydrogens is 675 g/mol. The highest BCUT2D eigenvalue weighted by atomic mass is 19.1. The van der Waals surface area contributed by atoms with Crippen molar-refractivity contribution in [3.8, 4) is 34.1 Å². The van der Waals surface area contributed by atoms with Gasteiger partial charge >= 0.3 is 5.97 Å². The first-order valence-corrected chi connectivity index (χ1v) is 18.6. The van der Waals surface area contributed by atoms with Crippen molar-refractivity contribution in [2.45, 2.75) is 84.5 Å². The molecule has 53 heavy (non-hydrogen) atoms. The van der Waals surface area contributed by atoms with Crippen LogP contribution in [0.2, 0.25) is 0 Å². The predicted molar refractivity (Wildman–Crippen MR) is 203 cm³/mol. The number of esters is 1. The van der Waals surface area contributed by atoms with E-state index in [1.165, 1.54) is 12.1 Å². The van der Waals surface area contributed by atoms with Crippen LogP contribution in [0.4, 0.5) is 4.39 Å². The molecule has 0 saturated carbocycles. The molecule has 10 heteroatoms. The lowest BCUT2D eigenvalue weighted by atomic mass is 9.96. The Labute approximate surface area is 311 Å². The SMILES string of the molecule is CCCc1c(OCCCOc2cc(OCc3ccccc3)c(-c3ccc(F)cc3)cc2CC)ccc2c1OC(C(=O)NCCCOC(=O)C(C)N)CC2. The summed E-state index contributed by atoms with van der Waals surface area (Å²) < 4.78 is 44.1. The molecule has 1 amide bonds. The maximum atomic E-state index is 13.8. The lowest BCUT2D eigenvalue weighted by Gasteiger charge is -2.28. The van der Waals surface area contributed by atoms with Gasteiger partial charge in [-0.3, -0.25) is 9.59 Å². The molecule has 0 spiro atoms. The lowest BCUT2D eigenvalue weighted by molar-refractivity contribution is -0.144. The first-order chi connectivity index (χ1) is 25.8. The Morgan fingerprint density at radius 3 is 2.38 bits per heavy atom. The Bertz CT molecular complexity index is 1800. The number of amides is 1. The van der Waals surface area contributed by atoms with E-state index in [1.807, 2.05) is 48.5 Å².